The summed E-state index contributed by atoms with van der Waals surface area (Å²) >= 11 is 0. The van der Waals surface area contributed by atoms with Gasteiger partial charge in [-0.15, -0.1) is 0 Å². The average molecular weight is 394 g/mol. The number of aromatic amines is 1. The SMILES string of the molecule is COc1ccc(CN2CCC[C@H](c3nc(-c4ccncc4)cc(=O)[nH]3)C2)c(F)c1. The Bertz CT molecular complexity index is 1040. The molecule has 7 heteroatoms. The molecule has 0 spiro atoms. The number of pyridine rings is 1. The molecule has 1 atom stereocenters. The van der Waals surface area contributed by atoms with Crippen LogP contribution in [0, 0.1) is 5.82 Å². The summed E-state index contributed by atoms with van der Waals surface area (Å²) in [5.41, 5.74) is 1.98. The highest BCUT2D eigenvalue weighted by molar-refractivity contribution is 5.57. The van der Waals surface area contributed by atoms with Crippen LogP contribution in [0.1, 0.15) is 30.1 Å². The van der Waals surface area contributed by atoms with E-state index in [1.54, 1.807) is 24.5 Å². The molecule has 150 valence electrons. The number of nitrogens with zero attached hydrogens (tertiary/aromatic N) is 3. The van der Waals surface area contributed by atoms with Crippen molar-refractivity contribution in [3.8, 4) is 17.0 Å². The fourth-order valence-electron chi connectivity index (χ4n) is 3.79. The van der Waals surface area contributed by atoms with Gasteiger partial charge in [-0.05, 0) is 37.6 Å². The van der Waals surface area contributed by atoms with E-state index in [0.717, 1.165) is 24.9 Å². The van der Waals surface area contributed by atoms with E-state index in [1.807, 2.05) is 12.1 Å². The summed E-state index contributed by atoms with van der Waals surface area (Å²) in [5, 5.41) is 0. The summed E-state index contributed by atoms with van der Waals surface area (Å²) in [4.78, 5) is 26.0. The maximum Gasteiger partial charge on any atom is 0.251 e. The standard InChI is InChI=1S/C22H23FN4O2/c1-29-18-5-4-16(19(23)11-18)13-27-10-2-3-17(14-27)22-25-20(12-21(28)26-22)15-6-8-24-9-7-15/h4-9,11-12,17H,2-3,10,13-14H2,1H3,(H,25,26,28)/t17-/m0/s1. The minimum Gasteiger partial charge on any atom is -0.497 e. The van der Waals surface area contributed by atoms with E-state index in [9.17, 15) is 9.18 Å². The quantitative estimate of drug-likeness (QED) is 0.719. The number of ether oxygens (including phenoxy) is 1. The van der Waals surface area contributed by atoms with Crippen LogP contribution in [0.2, 0.25) is 0 Å². The second kappa shape index (κ2) is 8.53. The molecule has 1 aromatic carbocycles. The molecule has 1 N–H and O–H groups in total. The Labute approximate surface area is 168 Å². The van der Waals surface area contributed by atoms with E-state index in [4.69, 9.17) is 9.72 Å². The zero-order chi connectivity index (χ0) is 20.2. The number of nitrogens with one attached hydrogen (secondary N) is 1. The van der Waals surface area contributed by atoms with Gasteiger partial charge in [0.1, 0.15) is 17.4 Å². The van der Waals surface area contributed by atoms with Gasteiger partial charge in [-0.2, -0.15) is 0 Å². The van der Waals surface area contributed by atoms with Crippen molar-refractivity contribution in [2.45, 2.75) is 25.3 Å². The number of hydrogen-bond acceptors (Lipinski definition) is 5. The lowest BCUT2D eigenvalue weighted by Crippen LogP contribution is -2.35. The van der Waals surface area contributed by atoms with Crippen molar-refractivity contribution in [1.82, 2.24) is 19.9 Å². The van der Waals surface area contributed by atoms with E-state index in [2.05, 4.69) is 14.9 Å². The Morgan fingerprint density at radius 1 is 1.24 bits per heavy atom. The first kappa shape index (κ1) is 19.3. The number of halogens is 1. The Morgan fingerprint density at radius 3 is 2.83 bits per heavy atom. The Balaban J connectivity index is 1.53. The van der Waals surface area contributed by atoms with Gasteiger partial charge in [0.25, 0.3) is 5.56 Å². The number of methoxy groups -OCH3 is 1. The van der Waals surface area contributed by atoms with Crippen molar-refractivity contribution in [3.63, 3.8) is 0 Å². The molecule has 4 rings (SSSR count). The molecule has 0 radical (unpaired) electrons. The van der Waals surface area contributed by atoms with E-state index >= 15 is 0 Å². The molecule has 0 aliphatic carbocycles. The minimum atomic E-state index is -0.266. The molecule has 0 amide bonds. The molecule has 3 aromatic rings. The van der Waals surface area contributed by atoms with E-state index in [0.29, 0.717) is 35.9 Å². The second-order valence-corrected chi connectivity index (χ2v) is 7.28. The van der Waals surface area contributed by atoms with Crippen LogP contribution >= 0.6 is 0 Å². The maximum atomic E-state index is 14.3. The highest BCUT2D eigenvalue weighted by atomic mass is 19.1. The number of hydrogen-bond donors (Lipinski definition) is 1. The largest absolute Gasteiger partial charge is 0.497 e. The predicted octanol–water partition coefficient (Wildman–Crippen LogP) is 3.36. The zero-order valence-corrected chi connectivity index (χ0v) is 16.3. The summed E-state index contributed by atoms with van der Waals surface area (Å²) in [5.74, 6) is 1.03. The first-order valence-corrected chi connectivity index (χ1v) is 9.69. The van der Waals surface area contributed by atoms with Gasteiger partial charge in [0.15, 0.2) is 0 Å². The van der Waals surface area contributed by atoms with Crippen molar-refractivity contribution in [3.05, 3.63) is 76.4 Å². The number of benzene rings is 1. The first-order chi connectivity index (χ1) is 14.1. The number of aromatic nitrogens is 3. The van der Waals surface area contributed by atoms with Gasteiger partial charge in [0.05, 0.1) is 12.8 Å². The van der Waals surface area contributed by atoms with Gasteiger partial charge >= 0.3 is 0 Å². The molecule has 29 heavy (non-hydrogen) atoms. The van der Waals surface area contributed by atoms with Crippen LogP contribution in [0.4, 0.5) is 4.39 Å². The van der Waals surface area contributed by atoms with Crippen LogP contribution in [0.25, 0.3) is 11.3 Å². The van der Waals surface area contributed by atoms with Crippen molar-refractivity contribution < 1.29 is 9.13 Å². The normalized spacial score (nSPS) is 17.2. The molecular weight excluding hydrogens is 371 g/mol. The lowest BCUT2D eigenvalue weighted by molar-refractivity contribution is 0.194. The van der Waals surface area contributed by atoms with Gasteiger partial charge in [0.2, 0.25) is 0 Å². The molecule has 1 saturated heterocycles. The Morgan fingerprint density at radius 2 is 2.07 bits per heavy atom. The molecule has 6 nitrogen and oxygen atoms in total. The minimum absolute atomic E-state index is 0.0968. The van der Waals surface area contributed by atoms with E-state index < -0.39 is 0 Å². The summed E-state index contributed by atoms with van der Waals surface area (Å²) in [6.45, 7) is 2.12. The third-order valence-electron chi connectivity index (χ3n) is 5.28. The van der Waals surface area contributed by atoms with Crippen LogP contribution in [-0.2, 0) is 6.54 Å². The van der Waals surface area contributed by atoms with Gasteiger partial charge in [-0.3, -0.25) is 14.7 Å². The number of rotatable bonds is 5. The molecule has 3 heterocycles. The molecular formula is C22H23FN4O2. The summed E-state index contributed by atoms with van der Waals surface area (Å²) in [7, 11) is 1.53. The number of likely N-dealkylation sites (tertiary alicyclic amines) is 1. The first-order valence-electron chi connectivity index (χ1n) is 9.69. The van der Waals surface area contributed by atoms with Crippen LogP contribution in [-0.4, -0.2) is 40.1 Å². The van der Waals surface area contributed by atoms with Gasteiger partial charge < -0.3 is 9.72 Å². The third-order valence-corrected chi connectivity index (χ3v) is 5.28. The zero-order valence-electron chi connectivity index (χ0n) is 16.3. The summed E-state index contributed by atoms with van der Waals surface area (Å²) in [6.07, 6.45) is 5.27. The Kier molecular flexibility index (Phi) is 5.67. The lowest BCUT2D eigenvalue weighted by atomic mass is 9.96. The summed E-state index contributed by atoms with van der Waals surface area (Å²) < 4.78 is 19.4. The highest BCUT2D eigenvalue weighted by Gasteiger charge is 2.24. The number of H-pyrrole nitrogens is 1. The highest BCUT2D eigenvalue weighted by Crippen LogP contribution is 2.27. The van der Waals surface area contributed by atoms with Crippen LogP contribution < -0.4 is 10.3 Å². The number of piperidine rings is 1. The lowest BCUT2D eigenvalue weighted by Gasteiger charge is -2.32. The van der Waals surface area contributed by atoms with Crippen LogP contribution in [0.5, 0.6) is 5.75 Å². The fourth-order valence-corrected chi connectivity index (χ4v) is 3.79. The van der Waals surface area contributed by atoms with E-state index in [-0.39, 0.29) is 17.3 Å². The van der Waals surface area contributed by atoms with Crippen molar-refractivity contribution in [1.29, 1.82) is 0 Å². The molecule has 1 aliphatic rings. The average Bonchev–Trinajstić information content (AvgIpc) is 2.75. The Hall–Kier alpha value is -3.06. The van der Waals surface area contributed by atoms with Gasteiger partial charge in [-0.1, -0.05) is 6.07 Å². The molecule has 0 unspecified atom stereocenters. The fraction of sp³-hybridized carbons (Fsp3) is 0.318. The van der Waals surface area contributed by atoms with Gasteiger partial charge in [0, 0.05) is 54.7 Å². The van der Waals surface area contributed by atoms with Gasteiger partial charge in [-0.25, -0.2) is 9.37 Å². The second-order valence-electron chi connectivity index (χ2n) is 7.28. The molecule has 0 saturated carbocycles. The summed E-state index contributed by atoms with van der Waals surface area (Å²) in [6, 6.07) is 10.1. The third kappa shape index (κ3) is 4.51. The molecule has 0 bridgehead atoms. The van der Waals surface area contributed by atoms with Crippen molar-refractivity contribution >= 4 is 0 Å². The van der Waals surface area contributed by atoms with Crippen molar-refractivity contribution in [2.24, 2.45) is 0 Å². The van der Waals surface area contributed by atoms with Crippen LogP contribution in [0.3, 0.4) is 0 Å². The maximum absolute atomic E-state index is 14.3. The van der Waals surface area contributed by atoms with Crippen LogP contribution in [0.15, 0.2) is 53.6 Å². The van der Waals surface area contributed by atoms with Crippen molar-refractivity contribution in [2.75, 3.05) is 20.2 Å². The smallest absolute Gasteiger partial charge is 0.251 e. The van der Waals surface area contributed by atoms with E-state index in [1.165, 1.54) is 19.2 Å². The molecule has 2 aromatic heterocycles. The molecule has 1 aliphatic heterocycles. The monoisotopic (exact) mass is 394 g/mol. The topological polar surface area (TPSA) is 71.1 Å². The predicted molar refractivity (Wildman–Crippen MR) is 108 cm³/mol. The molecule has 1 fully saturated rings.